The van der Waals surface area contributed by atoms with Crippen molar-refractivity contribution in [2.24, 2.45) is 0 Å². The van der Waals surface area contributed by atoms with Gasteiger partial charge in [0, 0.05) is 25.5 Å². The molecule has 5 heteroatoms. The average molecular weight is 266 g/mol. The third-order valence-electron chi connectivity index (χ3n) is 3.60. The minimum absolute atomic E-state index is 0.0738. The Balaban J connectivity index is 2.04. The van der Waals surface area contributed by atoms with E-state index in [4.69, 9.17) is 0 Å². The number of likely N-dealkylation sites (N-methyl/N-ethyl adjacent to an activating group) is 1. The number of rotatable bonds is 1. The molecule has 1 amide bonds. The predicted octanol–water partition coefficient (Wildman–Crippen LogP) is 1.38. The van der Waals surface area contributed by atoms with E-state index in [1.54, 1.807) is 18.0 Å². The molecule has 1 aromatic carbocycles. The van der Waals surface area contributed by atoms with Crippen LogP contribution in [0.5, 0.6) is 0 Å². The van der Waals surface area contributed by atoms with E-state index in [1.807, 2.05) is 29.2 Å². The zero-order valence-corrected chi connectivity index (χ0v) is 11.2. The molecule has 0 atom stereocenters. The van der Waals surface area contributed by atoms with Gasteiger partial charge < -0.3 is 9.80 Å². The fourth-order valence-electron chi connectivity index (χ4n) is 2.37. The molecule has 2 aromatic rings. The number of carbonyl (C=O) groups excluding carboxylic acids is 1. The molecule has 0 N–H and O–H groups in total. The Morgan fingerprint density at radius 1 is 1.30 bits per heavy atom. The SMILES string of the molecule is CN1CCN(c2cc(C#N)c3ccccc3n2)CC1=O. The standard InChI is InChI=1S/C15H14N4O/c1-18-6-7-19(10-15(18)20)14-8-11(9-16)12-4-2-3-5-13(12)17-14/h2-5,8H,6-7,10H2,1H3. The second kappa shape index (κ2) is 4.82. The number of nitriles is 1. The molecule has 0 aliphatic carbocycles. The summed E-state index contributed by atoms with van der Waals surface area (Å²) >= 11 is 0. The molecule has 2 heterocycles. The van der Waals surface area contributed by atoms with E-state index in [1.165, 1.54) is 0 Å². The first-order valence-electron chi connectivity index (χ1n) is 6.48. The summed E-state index contributed by atoms with van der Waals surface area (Å²) in [5.74, 6) is 0.770. The van der Waals surface area contributed by atoms with Crippen LogP contribution in [-0.2, 0) is 4.79 Å². The molecular formula is C15H14N4O. The van der Waals surface area contributed by atoms with E-state index in [-0.39, 0.29) is 5.91 Å². The monoisotopic (exact) mass is 266 g/mol. The zero-order chi connectivity index (χ0) is 14.1. The van der Waals surface area contributed by atoms with Crippen molar-refractivity contribution in [3.63, 3.8) is 0 Å². The van der Waals surface area contributed by atoms with Crippen LogP contribution in [0.15, 0.2) is 30.3 Å². The molecule has 1 fully saturated rings. The lowest BCUT2D eigenvalue weighted by Crippen LogP contribution is -2.48. The highest BCUT2D eigenvalue weighted by atomic mass is 16.2. The summed E-state index contributed by atoms with van der Waals surface area (Å²) < 4.78 is 0. The Morgan fingerprint density at radius 3 is 2.85 bits per heavy atom. The van der Waals surface area contributed by atoms with Crippen molar-refractivity contribution < 1.29 is 4.79 Å². The number of para-hydroxylation sites is 1. The Morgan fingerprint density at radius 2 is 2.10 bits per heavy atom. The molecule has 0 spiro atoms. The first-order chi connectivity index (χ1) is 9.69. The van der Waals surface area contributed by atoms with Gasteiger partial charge in [0.15, 0.2) is 0 Å². The van der Waals surface area contributed by atoms with Crippen LogP contribution >= 0.6 is 0 Å². The number of nitrogens with zero attached hydrogens (tertiary/aromatic N) is 4. The molecular weight excluding hydrogens is 252 g/mol. The maximum atomic E-state index is 11.8. The van der Waals surface area contributed by atoms with Gasteiger partial charge in [-0.1, -0.05) is 18.2 Å². The van der Waals surface area contributed by atoms with Gasteiger partial charge in [-0.15, -0.1) is 0 Å². The molecule has 0 unspecified atom stereocenters. The van der Waals surface area contributed by atoms with Gasteiger partial charge >= 0.3 is 0 Å². The highest BCUT2D eigenvalue weighted by Gasteiger charge is 2.22. The molecule has 1 aliphatic rings. The van der Waals surface area contributed by atoms with Crippen LogP contribution < -0.4 is 4.90 Å². The Bertz CT molecular complexity index is 719. The number of anilines is 1. The summed E-state index contributed by atoms with van der Waals surface area (Å²) in [4.78, 5) is 20.0. The fourth-order valence-corrected chi connectivity index (χ4v) is 2.37. The molecule has 0 bridgehead atoms. The number of pyridine rings is 1. The number of carbonyl (C=O) groups is 1. The predicted molar refractivity (Wildman–Crippen MR) is 76.3 cm³/mol. The Labute approximate surface area is 117 Å². The summed E-state index contributed by atoms with van der Waals surface area (Å²) in [6, 6.07) is 11.5. The number of aromatic nitrogens is 1. The van der Waals surface area contributed by atoms with Crippen molar-refractivity contribution in [3.8, 4) is 6.07 Å². The summed E-state index contributed by atoms with van der Waals surface area (Å²) in [6.45, 7) is 1.72. The van der Waals surface area contributed by atoms with Crippen LogP contribution in [0.3, 0.4) is 0 Å². The van der Waals surface area contributed by atoms with Crippen molar-refractivity contribution in [3.05, 3.63) is 35.9 Å². The molecule has 5 nitrogen and oxygen atoms in total. The molecule has 1 saturated heterocycles. The van der Waals surface area contributed by atoms with Gasteiger partial charge in [-0.3, -0.25) is 4.79 Å². The number of benzene rings is 1. The third kappa shape index (κ3) is 2.05. The number of amides is 1. The number of fused-ring (bicyclic) bond motifs is 1. The van der Waals surface area contributed by atoms with Gasteiger partial charge in [0.25, 0.3) is 0 Å². The number of piperazine rings is 1. The quantitative estimate of drug-likeness (QED) is 0.782. The Hall–Kier alpha value is -2.61. The lowest BCUT2D eigenvalue weighted by molar-refractivity contribution is -0.129. The van der Waals surface area contributed by atoms with Crippen molar-refractivity contribution in [1.29, 1.82) is 5.26 Å². The zero-order valence-electron chi connectivity index (χ0n) is 11.2. The van der Waals surface area contributed by atoms with Crippen molar-refractivity contribution in [2.45, 2.75) is 0 Å². The smallest absolute Gasteiger partial charge is 0.241 e. The first-order valence-corrected chi connectivity index (χ1v) is 6.48. The van der Waals surface area contributed by atoms with E-state index >= 15 is 0 Å². The van der Waals surface area contributed by atoms with E-state index in [0.29, 0.717) is 24.5 Å². The lowest BCUT2D eigenvalue weighted by Gasteiger charge is -2.32. The summed E-state index contributed by atoms with van der Waals surface area (Å²) in [5.41, 5.74) is 1.38. The van der Waals surface area contributed by atoms with Crippen LogP contribution in [-0.4, -0.2) is 42.5 Å². The lowest BCUT2D eigenvalue weighted by atomic mass is 10.1. The van der Waals surface area contributed by atoms with Crippen LogP contribution in [0.2, 0.25) is 0 Å². The van der Waals surface area contributed by atoms with E-state index in [9.17, 15) is 10.1 Å². The van der Waals surface area contributed by atoms with Crippen molar-refractivity contribution in [2.75, 3.05) is 31.6 Å². The topological polar surface area (TPSA) is 60.2 Å². The summed E-state index contributed by atoms with van der Waals surface area (Å²) in [5, 5.41) is 10.1. The first kappa shape index (κ1) is 12.4. The third-order valence-corrected chi connectivity index (χ3v) is 3.60. The largest absolute Gasteiger partial charge is 0.345 e. The minimum Gasteiger partial charge on any atom is -0.345 e. The molecule has 100 valence electrons. The van der Waals surface area contributed by atoms with Crippen molar-refractivity contribution >= 4 is 22.6 Å². The van der Waals surface area contributed by atoms with Gasteiger partial charge in [0.1, 0.15) is 5.82 Å². The van der Waals surface area contributed by atoms with Crippen LogP contribution in [0.1, 0.15) is 5.56 Å². The van der Waals surface area contributed by atoms with Gasteiger partial charge in [-0.25, -0.2) is 4.98 Å². The molecule has 3 rings (SSSR count). The summed E-state index contributed by atoms with van der Waals surface area (Å²) in [7, 11) is 1.80. The Kier molecular flexibility index (Phi) is 2.99. The highest BCUT2D eigenvalue weighted by Crippen LogP contribution is 2.23. The van der Waals surface area contributed by atoms with E-state index in [2.05, 4.69) is 11.1 Å². The second-order valence-corrected chi connectivity index (χ2v) is 4.89. The number of hydrogen-bond acceptors (Lipinski definition) is 4. The number of hydrogen-bond donors (Lipinski definition) is 0. The molecule has 1 aliphatic heterocycles. The maximum absolute atomic E-state index is 11.8. The summed E-state index contributed by atoms with van der Waals surface area (Å²) in [6.07, 6.45) is 0. The van der Waals surface area contributed by atoms with Crippen LogP contribution in [0, 0.1) is 11.3 Å². The van der Waals surface area contributed by atoms with Crippen molar-refractivity contribution in [1.82, 2.24) is 9.88 Å². The molecule has 0 radical (unpaired) electrons. The fraction of sp³-hybridized carbons (Fsp3) is 0.267. The van der Waals surface area contributed by atoms with Gasteiger partial charge in [-0.2, -0.15) is 5.26 Å². The second-order valence-electron chi connectivity index (χ2n) is 4.89. The molecule has 20 heavy (non-hydrogen) atoms. The normalized spacial score (nSPS) is 15.5. The van der Waals surface area contributed by atoms with E-state index < -0.39 is 0 Å². The van der Waals surface area contributed by atoms with Gasteiger partial charge in [0.05, 0.1) is 23.7 Å². The van der Waals surface area contributed by atoms with Crippen LogP contribution in [0.25, 0.3) is 10.9 Å². The minimum atomic E-state index is 0.0738. The van der Waals surface area contributed by atoms with Gasteiger partial charge in [-0.05, 0) is 12.1 Å². The average Bonchev–Trinajstić information content (AvgIpc) is 2.49. The molecule has 1 aromatic heterocycles. The maximum Gasteiger partial charge on any atom is 0.241 e. The molecule has 0 saturated carbocycles. The van der Waals surface area contributed by atoms with E-state index in [0.717, 1.165) is 17.4 Å². The highest BCUT2D eigenvalue weighted by molar-refractivity contribution is 5.88. The van der Waals surface area contributed by atoms with Crippen LogP contribution in [0.4, 0.5) is 5.82 Å². The van der Waals surface area contributed by atoms with Gasteiger partial charge in [0.2, 0.25) is 5.91 Å².